The maximum absolute atomic E-state index is 9.60. The molecular weight excluding hydrogens is 468 g/mol. The molecule has 0 radical (unpaired) electrons. The minimum atomic E-state index is -0.935. The van der Waals surface area contributed by atoms with E-state index in [9.17, 15) is 14.4 Å². The van der Waals surface area contributed by atoms with E-state index in [0.717, 1.165) is 26.4 Å². The zero-order valence-corrected chi connectivity index (χ0v) is 20.6. The number of ether oxygens (including phenoxy) is 3. The molecule has 0 bridgehead atoms. The SMILES string of the molecule is C(OCC1CO1)C1CO1.C=C(C)C(=O)O.C=C(C)C(=O)O.C=C(C)C(=O)O.OCCC(CO)CO. The minimum Gasteiger partial charge on any atom is -0.478 e. The molecule has 12 heteroatoms. The fraction of sp³-hybridized carbons (Fsp3) is 0.609. The first-order valence-electron chi connectivity index (χ1n) is 10.5. The smallest absolute Gasteiger partial charge is 0.330 e. The molecule has 2 heterocycles. The van der Waals surface area contributed by atoms with Crippen molar-refractivity contribution in [1.82, 2.24) is 0 Å². The van der Waals surface area contributed by atoms with Crippen LogP contribution < -0.4 is 0 Å². The number of aliphatic carboxylic acids is 3. The lowest BCUT2D eigenvalue weighted by molar-refractivity contribution is -0.133. The van der Waals surface area contributed by atoms with Gasteiger partial charge in [0.15, 0.2) is 0 Å². The predicted octanol–water partition coefficient (Wildman–Crippen LogP) is 0.712. The number of epoxide rings is 2. The highest BCUT2D eigenvalue weighted by atomic mass is 16.6. The van der Waals surface area contributed by atoms with E-state index >= 15 is 0 Å². The molecule has 2 unspecified atom stereocenters. The molecule has 204 valence electrons. The standard InChI is InChI=1S/C6H10O3.C5H12O3.3C4H6O2/c1(5-3-8-5)7-2-6-4-9-6;6-2-1-5(3-7)4-8;3*1-3(2)4(5)6/h5-6H,1-4H2;5-8H,1-4H2;3*1H2,2H3,(H,5,6). The largest absolute Gasteiger partial charge is 0.478 e. The van der Waals surface area contributed by atoms with Crippen molar-refractivity contribution in [3.05, 3.63) is 36.5 Å². The average Bonchev–Trinajstić information content (AvgIpc) is 3.70. The Bertz CT molecular complexity index is 542. The summed E-state index contributed by atoms with van der Waals surface area (Å²) in [5, 5.41) is 48.7. The van der Waals surface area contributed by atoms with Crippen LogP contribution in [0.3, 0.4) is 0 Å². The van der Waals surface area contributed by atoms with Crippen LogP contribution in [-0.2, 0) is 28.6 Å². The summed E-state index contributed by atoms with van der Waals surface area (Å²) in [6, 6.07) is 0. The van der Waals surface area contributed by atoms with E-state index in [0.29, 0.717) is 18.6 Å². The lowest BCUT2D eigenvalue weighted by Gasteiger charge is -2.06. The summed E-state index contributed by atoms with van der Waals surface area (Å²) in [5.41, 5.74) is 0.528. The molecule has 2 saturated heterocycles. The number of carboxylic acid groups (broad SMARTS) is 3. The van der Waals surface area contributed by atoms with Gasteiger partial charge in [-0.15, -0.1) is 0 Å². The van der Waals surface area contributed by atoms with Gasteiger partial charge in [0.2, 0.25) is 0 Å². The van der Waals surface area contributed by atoms with Crippen molar-refractivity contribution in [2.45, 2.75) is 39.4 Å². The fourth-order valence-corrected chi connectivity index (χ4v) is 1.08. The first kappa shape index (κ1) is 36.9. The molecule has 0 saturated carbocycles. The highest BCUT2D eigenvalue weighted by Crippen LogP contribution is 2.12. The van der Waals surface area contributed by atoms with E-state index in [1.807, 2.05) is 0 Å². The van der Waals surface area contributed by atoms with E-state index in [-0.39, 0.29) is 42.5 Å². The number of hydrogen-bond acceptors (Lipinski definition) is 9. The topological polar surface area (TPSA) is 207 Å². The molecule has 35 heavy (non-hydrogen) atoms. The van der Waals surface area contributed by atoms with Gasteiger partial charge in [0.1, 0.15) is 12.2 Å². The van der Waals surface area contributed by atoms with Gasteiger partial charge in [-0.3, -0.25) is 0 Å². The molecule has 2 fully saturated rings. The minimum absolute atomic E-state index is 0.0335. The molecule has 2 rings (SSSR count). The summed E-state index contributed by atoms with van der Waals surface area (Å²) in [6.07, 6.45) is 1.26. The van der Waals surface area contributed by atoms with Crippen molar-refractivity contribution in [3.63, 3.8) is 0 Å². The third kappa shape index (κ3) is 33.6. The lowest BCUT2D eigenvalue weighted by atomic mass is 10.1. The Labute approximate surface area is 205 Å². The van der Waals surface area contributed by atoms with E-state index in [2.05, 4.69) is 19.7 Å². The van der Waals surface area contributed by atoms with Crippen molar-refractivity contribution < 1.29 is 59.2 Å². The molecule has 0 aromatic carbocycles. The van der Waals surface area contributed by atoms with Crippen LogP contribution in [0.5, 0.6) is 0 Å². The van der Waals surface area contributed by atoms with Gasteiger partial charge in [0.25, 0.3) is 0 Å². The van der Waals surface area contributed by atoms with Crippen LogP contribution in [0.4, 0.5) is 0 Å². The molecule has 6 N–H and O–H groups in total. The quantitative estimate of drug-likeness (QED) is 0.168. The lowest BCUT2D eigenvalue weighted by Crippen LogP contribution is -2.12. The van der Waals surface area contributed by atoms with Crippen LogP contribution in [0, 0.1) is 5.92 Å². The van der Waals surface area contributed by atoms with Gasteiger partial charge in [-0.2, -0.15) is 0 Å². The number of rotatable bonds is 11. The summed E-state index contributed by atoms with van der Waals surface area (Å²) >= 11 is 0. The van der Waals surface area contributed by atoms with Crippen LogP contribution in [0.1, 0.15) is 27.2 Å². The molecule has 0 aromatic rings. The van der Waals surface area contributed by atoms with E-state index in [1.165, 1.54) is 20.8 Å². The Morgan fingerprint density at radius 3 is 1.14 bits per heavy atom. The maximum atomic E-state index is 9.60. The van der Waals surface area contributed by atoms with Gasteiger partial charge >= 0.3 is 17.9 Å². The van der Waals surface area contributed by atoms with Crippen molar-refractivity contribution in [2.75, 3.05) is 46.2 Å². The molecule has 0 amide bonds. The van der Waals surface area contributed by atoms with E-state index in [4.69, 9.17) is 44.8 Å². The Kier molecular flexibility index (Phi) is 24.4. The molecule has 0 aromatic heterocycles. The third-order valence-corrected chi connectivity index (χ3v) is 3.56. The first-order chi connectivity index (χ1) is 16.2. The van der Waals surface area contributed by atoms with Gasteiger partial charge in [0, 0.05) is 42.5 Å². The molecule has 2 aliphatic rings. The second-order valence-corrected chi connectivity index (χ2v) is 7.45. The van der Waals surface area contributed by atoms with Crippen molar-refractivity contribution in [2.24, 2.45) is 5.92 Å². The predicted molar refractivity (Wildman–Crippen MR) is 127 cm³/mol. The number of carbonyl (C=O) groups is 3. The molecule has 2 atom stereocenters. The van der Waals surface area contributed by atoms with Crippen LogP contribution in [0.15, 0.2) is 36.5 Å². The summed E-state index contributed by atoms with van der Waals surface area (Å²) in [7, 11) is 0. The van der Waals surface area contributed by atoms with Crippen molar-refractivity contribution >= 4 is 17.9 Å². The highest BCUT2D eigenvalue weighted by molar-refractivity contribution is 5.85. The van der Waals surface area contributed by atoms with Gasteiger partial charge in [0.05, 0.1) is 26.4 Å². The summed E-state index contributed by atoms with van der Waals surface area (Å²) < 4.78 is 15.1. The van der Waals surface area contributed by atoms with E-state index < -0.39 is 17.9 Å². The highest BCUT2D eigenvalue weighted by Gasteiger charge is 2.26. The Balaban J connectivity index is -0.000000372. The van der Waals surface area contributed by atoms with Crippen LogP contribution >= 0.6 is 0 Å². The Morgan fingerprint density at radius 2 is 1.03 bits per heavy atom. The fourth-order valence-electron chi connectivity index (χ4n) is 1.08. The maximum Gasteiger partial charge on any atom is 0.330 e. The van der Waals surface area contributed by atoms with E-state index in [1.54, 1.807) is 0 Å². The monoisotopic (exact) mass is 508 g/mol. The molecule has 2 aliphatic heterocycles. The number of aliphatic hydroxyl groups excluding tert-OH is 3. The van der Waals surface area contributed by atoms with Gasteiger partial charge < -0.3 is 44.8 Å². The molecule has 12 nitrogen and oxygen atoms in total. The zero-order chi connectivity index (χ0) is 28.0. The normalized spacial score (nSPS) is 16.2. The van der Waals surface area contributed by atoms with Crippen molar-refractivity contribution in [3.8, 4) is 0 Å². The molecule has 0 aliphatic carbocycles. The van der Waals surface area contributed by atoms with Gasteiger partial charge in [-0.25, -0.2) is 14.4 Å². The van der Waals surface area contributed by atoms with Crippen LogP contribution in [0.25, 0.3) is 0 Å². The second kappa shape index (κ2) is 23.1. The Hall–Kier alpha value is -2.61. The van der Waals surface area contributed by atoms with Crippen molar-refractivity contribution in [1.29, 1.82) is 0 Å². The third-order valence-electron chi connectivity index (χ3n) is 3.56. The summed E-state index contributed by atoms with van der Waals surface area (Å²) in [4.78, 5) is 28.8. The summed E-state index contributed by atoms with van der Waals surface area (Å²) in [5.74, 6) is -2.94. The first-order valence-corrected chi connectivity index (χ1v) is 10.5. The number of hydrogen-bond donors (Lipinski definition) is 6. The molecular formula is C23H40O12. The number of carboxylic acids is 3. The number of aliphatic hydroxyl groups is 3. The second-order valence-electron chi connectivity index (χ2n) is 7.45. The van der Waals surface area contributed by atoms with Gasteiger partial charge in [-0.05, 0) is 27.2 Å². The molecule has 0 spiro atoms. The Morgan fingerprint density at radius 1 is 0.771 bits per heavy atom. The average molecular weight is 509 g/mol. The van der Waals surface area contributed by atoms with Crippen LogP contribution in [0.2, 0.25) is 0 Å². The van der Waals surface area contributed by atoms with Crippen LogP contribution in [-0.4, -0.2) is 107 Å². The summed E-state index contributed by atoms with van der Waals surface area (Å²) in [6.45, 7) is 17.0. The van der Waals surface area contributed by atoms with Gasteiger partial charge in [-0.1, -0.05) is 19.7 Å². The zero-order valence-electron chi connectivity index (χ0n) is 20.6.